The minimum atomic E-state index is -1.57. The topological polar surface area (TPSA) is 101 Å². The highest BCUT2D eigenvalue weighted by atomic mass is 19.1. The number of aliphatic imine (C=N–C) groups is 1. The number of halogens is 2. The zero-order valence-electron chi connectivity index (χ0n) is 18.4. The van der Waals surface area contributed by atoms with Crippen LogP contribution in [-0.2, 0) is 19.9 Å². The molecule has 0 bridgehead atoms. The van der Waals surface area contributed by atoms with E-state index < -0.39 is 35.1 Å². The predicted molar refractivity (Wildman–Crippen MR) is 116 cm³/mol. The zero-order chi connectivity index (χ0) is 23.9. The quantitative estimate of drug-likeness (QED) is 0.547. The van der Waals surface area contributed by atoms with E-state index in [-0.39, 0.29) is 23.6 Å². The number of rotatable bonds is 5. The van der Waals surface area contributed by atoms with E-state index in [1.54, 1.807) is 11.0 Å². The monoisotopic (exact) mass is 455 g/mol. The molecule has 2 aliphatic heterocycles. The normalized spacial score (nSPS) is 22.5. The van der Waals surface area contributed by atoms with E-state index in [9.17, 15) is 18.4 Å². The number of esters is 1. The summed E-state index contributed by atoms with van der Waals surface area (Å²) in [7, 11) is 2.77. The molecule has 0 radical (unpaired) electrons. The Bertz CT molecular complexity index is 1200. The first-order valence-electron chi connectivity index (χ1n) is 10.3. The van der Waals surface area contributed by atoms with Gasteiger partial charge in [-0.05, 0) is 42.8 Å². The standard InChI is InChI=1S/C23H23F2N5O3/c1-4-30-12-14(11-18(30)20(31)33-3)23(21(32)29(2)22(26)28-23)13-7-8-17(24)16(10-13)15-6-5-9-27-19(15)25/h5-11,14H,4,12H2,1-3H3,(H2,26,28)/t14?,23-/m0/s1. The molecular weight excluding hydrogens is 432 g/mol. The number of guanidine groups is 1. The van der Waals surface area contributed by atoms with Crippen LogP contribution < -0.4 is 5.73 Å². The van der Waals surface area contributed by atoms with E-state index >= 15 is 0 Å². The minimum absolute atomic E-state index is 0.0126. The lowest BCUT2D eigenvalue weighted by atomic mass is 9.77. The lowest BCUT2D eigenvalue weighted by Crippen LogP contribution is -2.46. The Morgan fingerprint density at radius 1 is 1.30 bits per heavy atom. The first-order chi connectivity index (χ1) is 15.7. The van der Waals surface area contributed by atoms with Crippen LogP contribution in [0.25, 0.3) is 11.1 Å². The van der Waals surface area contributed by atoms with E-state index in [0.717, 1.165) is 6.07 Å². The summed E-state index contributed by atoms with van der Waals surface area (Å²) in [5.41, 5.74) is 4.98. The van der Waals surface area contributed by atoms with Crippen LogP contribution >= 0.6 is 0 Å². The van der Waals surface area contributed by atoms with Crippen molar-refractivity contribution in [3.8, 4) is 11.1 Å². The number of hydrogen-bond donors (Lipinski definition) is 1. The SMILES string of the molecule is CCN1CC([C@]2(c3ccc(F)c(-c4cccnc4F)c3)N=C(N)N(C)C2=O)C=C1C(=O)OC. The molecule has 4 rings (SSSR count). The van der Waals surface area contributed by atoms with Gasteiger partial charge in [0, 0.05) is 43.4 Å². The third kappa shape index (κ3) is 3.42. The number of benzene rings is 1. The van der Waals surface area contributed by atoms with Crippen molar-refractivity contribution in [1.82, 2.24) is 14.8 Å². The second-order valence-corrected chi connectivity index (χ2v) is 7.83. The number of nitrogens with zero attached hydrogens (tertiary/aromatic N) is 4. The van der Waals surface area contributed by atoms with Crippen LogP contribution in [0, 0.1) is 17.7 Å². The van der Waals surface area contributed by atoms with Crippen molar-refractivity contribution < 1.29 is 23.1 Å². The van der Waals surface area contributed by atoms with Crippen molar-refractivity contribution >= 4 is 17.8 Å². The highest BCUT2D eigenvalue weighted by Crippen LogP contribution is 2.45. The molecule has 0 spiro atoms. The lowest BCUT2D eigenvalue weighted by molar-refractivity contribution is -0.137. The van der Waals surface area contributed by atoms with Crippen LogP contribution in [0.3, 0.4) is 0 Å². The summed E-state index contributed by atoms with van der Waals surface area (Å²) in [4.78, 5) is 37.0. The van der Waals surface area contributed by atoms with Crippen LogP contribution in [0.1, 0.15) is 12.5 Å². The summed E-state index contributed by atoms with van der Waals surface area (Å²) in [5, 5.41) is 0. The molecule has 8 nitrogen and oxygen atoms in total. The number of likely N-dealkylation sites (N-methyl/N-ethyl adjacent to an activating group) is 2. The first-order valence-corrected chi connectivity index (χ1v) is 10.3. The number of amides is 1. The molecule has 1 amide bonds. The molecule has 0 saturated carbocycles. The van der Waals surface area contributed by atoms with Gasteiger partial charge in [-0.25, -0.2) is 19.2 Å². The molecule has 2 aliphatic rings. The highest BCUT2D eigenvalue weighted by Gasteiger charge is 2.55. The molecule has 0 saturated heterocycles. The third-order valence-electron chi connectivity index (χ3n) is 6.15. The first kappa shape index (κ1) is 22.4. The largest absolute Gasteiger partial charge is 0.464 e. The van der Waals surface area contributed by atoms with Gasteiger partial charge in [0.15, 0.2) is 11.5 Å². The molecule has 10 heteroatoms. The molecule has 2 aromatic rings. The van der Waals surface area contributed by atoms with Crippen molar-refractivity contribution in [1.29, 1.82) is 0 Å². The van der Waals surface area contributed by atoms with Gasteiger partial charge in [0.25, 0.3) is 5.91 Å². The van der Waals surface area contributed by atoms with E-state index in [4.69, 9.17) is 10.5 Å². The smallest absolute Gasteiger partial charge is 0.354 e. The van der Waals surface area contributed by atoms with Gasteiger partial charge in [0.05, 0.1) is 7.11 Å². The van der Waals surface area contributed by atoms with Crippen molar-refractivity contribution in [2.24, 2.45) is 16.6 Å². The van der Waals surface area contributed by atoms with Crippen LogP contribution in [-0.4, -0.2) is 59.9 Å². The number of methoxy groups -OCH3 is 1. The van der Waals surface area contributed by atoms with Crippen molar-refractivity contribution in [3.63, 3.8) is 0 Å². The predicted octanol–water partition coefficient (Wildman–Crippen LogP) is 2.02. The Kier molecular flexibility index (Phi) is 5.61. The van der Waals surface area contributed by atoms with Crippen molar-refractivity contribution in [3.05, 3.63) is 65.6 Å². The van der Waals surface area contributed by atoms with E-state index in [2.05, 4.69) is 9.98 Å². The lowest BCUT2D eigenvalue weighted by Gasteiger charge is -2.32. The van der Waals surface area contributed by atoms with Gasteiger partial charge in [0.1, 0.15) is 11.5 Å². The number of carbonyl (C=O) groups excluding carboxylic acids is 2. The van der Waals surface area contributed by atoms with Crippen LogP contribution in [0.15, 0.2) is 53.3 Å². The Balaban J connectivity index is 1.92. The van der Waals surface area contributed by atoms with Gasteiger partial charge >= 0.3 is 5.97 Å². The molecule has 33 heavy (non-hydrogen) atoms. The number of hydrogen-bond acceptors (Lipinski definition) is 7. The Labute approximate surface area is 189 Å². The van der Waals surface area contributed by atoms with Crippen molar-refractivity contribution in [2.45, 2.75) is 12.5 Å². The van der Waals surface area contributed by atoms with Gasteiger partial charge in [0.2, 0.25) is 5.95 Å². The maximum atomic E-state index is 14.8. The van der Waals surface area contributed by atoms with E-state index in [0.29, 0.717) is 17.8 Å². The Hall–Kier alpha value is -3.82. The molecule has 3 heterocycles. The second kappa shape index (κ2) is 8.27. The summed E-state index contributed by atoms with van der Waals surface area (Å²) in [6.07, 6.45) is 2.90. The number of nitrogens with two attached hydrogens (primary N) is 1. The fraction of sp³-hybridized carbons (Fsp3) is 0.304. The van der Waals surface area contributed by atoms with Crippen LogP contribution in [0.2, 0.25) is 0 Å². The summed E-state index contributed by atoms with van der Waals surface area (Å²) < 4.78 is 34.0. The number of ether oxygens (including phenoxy) is 1. The molecule has 172 valence electrons. The van der Waals surface area contributed by atoms with Gasteiger partial charge in [-0.15, -0.1) is 0 Å². The Morgan fingerprint density at radius 2 is 2.06 bits per heavy atom. The average molecular weight is 455 g/mol. The minimum Gasteiger partial charge on any atom is -0.464 e. The molecule has 1 aromatic carbocycles. The zero-order valence-corrected chi connectivity index (χ0v) is 18.4. The van der Waals surface area contributed by atoms with Gasteiger partial charge in [-0.1, -0.05) is 6.07 Å². The molecule has 0 fully saturated rings. The van der Waals surface area contributed by atoms with Gasteiger partial charge in [-0.2, -0.15) is 4.39 Å². The molecule has 2 atom stereocenters. The molecule has 0 aliphatic carbocycles. The van der Waals surface area contributed by atoms with Crippen LogP contribution in [0.4, 0.5) is 8.78 Å². The summed E-state index contributed by atoms with van der Waals surface area (Å²) in [5.74, 6) is -3.12. The number of aromatic nitrogens is 1. The average Bonchev–Trinajstić information content (AvgIpc) is 3.35. The maximum Gasteiger partial charge on any atom is 0.354 e. The van der Waals surface area contributed by atoms with Gasteiger partial charge < -0.3 is 15.4 Å². The second-order valence-electron chi connectivity index (χ2n) is 7.83. The van der Waals surface area contributed by atoms with Crippen molar-refractivity contribution in [2.75, 3.05) is 27.2 Å². The molecule has 1 aromatic heterocycles. The molecular formula is C23H23F2N5O3. The molecule has 1 unspecified atom stereocenters. The summed E-state index contributed by atoms with van der Waals surface area (Å²) in [6.45, 7) is 2.64. The summed E-state index contributed by atoms with van der Waals surface area (Å²) >= 11 is 0. The van der Waals surface area contributed by atoms with E-state index in [1.807, 2.05) is 6.92 Å². The summed E-state index contributed by atoms with van der Waals surface area (Å²) in [6, 6.07) is 6.88. The fourth-order valence-electron chi connectivity index (χ4n) is 4.40. The highest BCUT2D eigenvalue weighted by molar-refractivity contribution is 6.07. The molecule has 2 N–H and O–H groups in total. The third-order valence-corrected chi connectivity index (χ3v) is 6.15. The van der Waals surface area contributed by atoms with E-state index in [1.165, 1.54) is 49.5 Å². The number of carbonyl (C=O) groups is 2. The maximum absolute atomic E-state index is 14.8. The fourth-order valence-corrected chi connectivity index (χ4v) is 4.40. The number of pyridine rings is 1. The Morgan fingerprint density at radius 3 is 2.67 bits per heavy atom. The van der Waals surface area contributed by atoms with Crippen LogP contribution in [0.5, 0.6) is 0 Å². The van der Waals surface area contributed by atoms with Gasteiger partial charge in [-0.3, -0.25) is 9.69 Å².